The molecule has 1 N–H and O–H groups in total. The molecule has 144 valence electrons. The Morgan fingerprint density at radius 3 is 2.18 bits per heavy atom. The van der Waals surface area contributed by atoms with E-state index in [2.05, 4.69) is 45.9 Å². The molecular formula is C25H28N2O. The van der Waals surface area contributed by atoms with Crippen molar-refractivity contribution in [2.75, 3.05) is 0 Å². The van der Waals surface area contributed by atoms with Gasteiger partial charge in [-0.15, -0.1) is 0 Å². The summed E-state index contributed by atoms with van der Waals surface area (Å²) in [5.74, 6) is 1.03. The van der Waals surface area contributed by atoms with Gasteiger partial charge in [0.2, 0.25) is 0 Å². The maximum atomic E-state index is 10.2. The third kappa shape index (κ3) is 4.30. The van der Waals surface area contributed by atoms with Gasteiger partial charge >= 0.3 is 0 Å². The van der Waals surface area contributed by atoms with Crippen molar-refractivity contribution in [3.63, 3.8) is 0 Å². The molecule has 0 bridgehead atoms. The van der Waals surface area contributed by atoms with E-state index < -0.39 is 0 Å². The number of benzene rings is 2. The minimum absolute atomic E-state index is 0.236. The van der Waals surface area contributed by atoms with Crippen molar-refractivity contribution in [3.05, 3.63) is 77.0 Å². The van der Waals surface area contributed by atoms with Gasteiger partial charge in [-0.2, -0.15) is 0 Å². The third-order valence-corrected chi connectivity index (χ3v) is 4.87. The SMILES string of the molecule is Cc1ccc(O)c(-c2cccc(C=Nc3c(C(C)C)cccc3C(C)C)n2)c1. The van der Waals surface area contributed by atoms with Gasteiger partial charge in [0.25, 0.3) is 0 Å². The highest BCUT2D eigenvalue weighted by Gasteiger charge is 2.13. The van der Waals surface area contributed by atoms with Crippen LogP contribution in [0.1, 0.15) is 61.9 Å². The van der Waals surface area contributed by atoms with Crippen LogP contribution in [0.2, 0.25) is 0 Å². The Bertz CT molecular complexity index is 977. The molecule has 3 nitrogen and oxygen atoms in total. The Balaban J connectivity index is 2.02. The molecule has 0 amide bonds. The maximum Gasteiger partial charge on any atom is 0.124 e. The van der Waals surface area contributed by atoms with Gasteiger partial charge in [0, 0.05) is 5.56 Å². The summed E-state index contributed by atoms with van der Waals surface area (Å²) in [5, 5.41) is 10.2. The lowest BCUT2D eigenvalue weighted by Crippen LogP contribution is -1.96. The van der Waals surface area contributed by atoms with Crippen LogP contribution < -0.4 is 0 Å². The van der Waals surface area contributed by atoms with Crippen LogP contribution in [-0.2, 0) is 0 Å². The molecular weight excluding hydrogens is 344 g/mol. The van der Waals surface area contributed by atoms with E-state index in [0.29, 0.717) is 11.8 Å². The molecule has 0 radical (unpaired) electrons. The molecule has 3 aromatic rings. The average Bonchev–Trinajstić information content (AvgIpc) is 2.68. The summed E-state index contributed by atoms with van der Waals surface area (Å²) >= 11 is 0. The number of para-hydroxylation sites is 1. The first-order valence-electron chi connectivity index (χ1n) is 9.80. The fraction of sp³-hybridized carbons (Fsp3) is 0.280. The molecule has 0 spiro atoms. The van der Waals surface area contributed by atoms with E-state index in [4.69, 9.17) is 9.98 Å². The van der Waals surface area contributed by atoms with E-state index in [1.807, 2.05) is 43.5 Å². The molecule has 1 heterocycles. The van der Waals surface area contributed by atoms with Crippen molar-refractivity contribution in [1.82, 2.24) is 4.98 Å². The standard InChI is InChI=1S/C25H28N2O/c1-16(2)20-9-7-10-21(17(3)4)25(20)26-15-19-8-6-11-23(27-19)22-14-18(5)12-13-24(22)28/h6-17,28H,1-5H3. The fourth-order valence-electron chi connectivity index (χ4n) is 3.32. The van der Waals surface area contributed by atoms with Crippen LogP contribution in [0.25, 0.3) is 11.3 Å². The first-order chi connectivity index (χ1) is 13.4. The normalized spacial score (nSPS) is 11.7. The minimum Gasteiger partial charge on any atom is -0.507 e. The van der Waals surface area contributed by atoms with Gasteiger partial charge < -0.3 is 5.11 Å². The van der Waals surface area contributed by atoms with Crippen LogP contribution in [-0.4, -0.2) is 16.3 Å². The first kappa shape index (κ1) is 19.8. The van der Waals surface area contributed by atoms with Gasteiger partial charge in [0.15, 0.2) is 0 Å². The molecule has 0 unspecified atom stereocenters. The van der Waals surface area contributed by atoms with Crippen molar-refractivity contribution in [1.29, 1.82) is 0 Å². The average molecular weight is 373 g/mol. The maximum absolute atomic E-state index is 10.2. The second kappa shape index (κ2) is 8.39. The molecule has 0 aliphatic heterocycles. The number of aromatic nitrogens is 1. The summed E-state index contributed by atoms with van der Waals surface area (Å²) in [6.45, 7) is 10.8. The second-order valence-corrected chi connectivity index (χ2v) is 7.82. The minimum atomic E-state index is 0.236. The molecule has 28 heavy (non-hydrogen) atoms. The van der Waals surface area contributed by atoms with Crippen LogP contribution in [0, 0.1) is 6.92 Å². The van der Waals surface area contributed by atoms with E-state index in [1.165, 1.54) is 11.1 Å². The van der Waals surface area contributed by atoms with Gasteiger partial charge in [0.1, 0.15) is 5.75 Å². The zero-order chi connectivity index (χ0) is 20.3. The predicted octanol–water partition coefficient (Wildman–Crippen LogP) is 6.76. The molecule has 0 aliphatic carbocycles. The van der Waals surface area contributed by atoms with E-state index in [9.17, 15) is 5.11 Å². The smallest absolute Gasteiger partial charge is 0.124 e. The van der Waals surface area contributed by atoms with Crippen LogP contribution in [0.15, 0.2) is 59.6 Å². The second-order valence-electron chi connectivity index (χ2n) is 7.82. The van der Waals surface area contributed by atoms with Crippen LogP contribution in [0.4, 0.5) is 5.69 Å². The Morgan fingerprint density at radius 1 is 0.893 bits per heavy atom. The molecule has 3 heteroatoms. The first-order valence-corrected chi connectivity index (χ1v) is 9.80. The zero-order valence-corrected chi connectivity index (χ0v) is 17.3. The lowest BCUT2D eigenvalue weighted by molar-refractivity contribution is 0.477. The van der Waals surface area contributed by atoms with E-state index in [-0.39, 0.29) is 5.75 Å². The third-order valence-electron chi connectivity index (χ3n) is 4.87. The molecule has 0 saturated heterocycles. The molecule has 0 atom stereocenters. The van der Waals surface area contributed by atoms with Crippen molar-refractivity contribution in [2.24, 2.45) is 4.99 Å². The van der Waals surface area contributed by atoms with Crippen LogP contribution >= 0.6 is 0 Å². The van der Waals surface area contributed by atoms with Gasteiger partial charge in [-0.3, -0.25) is 4.99 Å². The lowest BCUT2D eigenvalue weighted by Gasteiger charge is -2.16. The number of aliphatic imine (C=N–C) groups is 1. The number of hydrogen-bond donors (Lipinski definition) is 1. The van der Waals surface area contributed by atoms with Crippen LogP contribution in [0.3, 0.4) is 0 Å². The van der Waals surface area contributed by atoms with Crippen molar-refractivity contribution in [2.45, 2.75) is 46.5 Å². The number of rotatable bonds is 5. The number of aryl methyl sites for hydroxylation is 1. The van der Waals surface area contributed by atoms with Gasteiger partial charge in [-0.1, -0.05) is 63.6 Å². The number of aromatic hydroxyl groups is 1. The zero-order valence-electron chi connectivity index (χ0n) is 17.3. The Kier molecular flexibility index (Phi) is 5.93. The van der Waals surface area contributed by atoms with Crippen molar-refractivity contribution < 1.29 is 5.11 Å². The number of nitrogens with zero attached hydrogens (tertiary/aromatic N) is 2. The summed E-state index contributed by atoms with van der Waals surface area (Å²) in [7, 11) is 0. The number of phenolic OH excluding ortho intramolecular Hbond substituents is 1. The predicted molar refractivity (Wildman–Crippen MR) is 118 cm³/mol. The lowest BCUT2D eigenvalue weighted by atomic mass is 9.93. The van der Waals surface area contributed by atoms with Gasteiger partial charge in [-0.05, 0) is 54.2 Å². The molecule has 3 rings (SSSR count). The molecule has 2 aromatic carbocycles. The summed E-state index contributed by atoms with van der Waals surface area (Å²) < 4.78 is 0. The quantitative estimate of drug-likeness (QED) is 0.503. The van der Waals surface area contributed by atoms with E-state index in [0.717, 1.165) is 28.2 Å². The molecule has 0 aliphatic rings. The molecule has 1 aromatic heterocycles. The highest BCUT2D eigenvalue weighted by molar-refractivity contribution is 5.82. The highest BCUT2D eigenvalue weighted by atomic mass is 16.3. The van der Waals surface area contributed by atoms with Crippen LogP contribution in [0.5, 0.6) is 5.75 Å². The summed E-state index contributed by atoms with van der Waals surface area (Å²) in [5.41, 5.74) is 6.86. The largest absolute Gasteiger partial charge is 0.507 e. The molecule has 0 saturated carbocycles. The van der Waals surface area contributed by atoms with E-state index >= 15 is 0 Å². The highest BCUT2D eigenvalue weighted by Crippen LogP contribution is 2.34. The Labute approximate surface area is 167 Å². The fourth-order valence-corrected chi connectivity index (χ4v) is 3.32. The van der Waals surface area contributed by atoms with E-state index in [1.54, 1.807) is 6.07 Å². The monoisotopic (exact) mass is 372 g/mol. The number of hydrogen-bond acceptors (Lipinski definition) is 3. The summed E-state index contributed by atoms with van der Waals surface area (Å²) in [6, 6.07) is 17.8. The molecule has 0 fully saturated rings. The van der Waals surface area contributed by atoms with Crippen molar-refractivity contribution in [3.8, 4) is 17.0 Å². The van der Waals surface area contributed by atoms with Gasteiger partial charge in [0.05, 0.1) is 23.3 Å². The number of phenols is 1. The number of pyridine rings is 1. The topological polar surface area (TPSA) is 45.5 Å². The Hall–Kier alpha value is -2.94. The van der Waals surface area contributed by atoms with Gasteiger partial charge in [-0.25, -0.2) is 4.98 Å². The summed E-state index contributed by atoms with van der Waals surface area (Å²) in [4.78, 5) is 9.54. The Morgan fingerprint density at radius 2 is 1.54 bits per heavy atom. The summed E-state index contributed by atoms with van der Waals surface area (Å²) in [6.07, 6.45) is 1.82. The van der Waals surface area contributed by atoms with Crippen molar-refractivity contribution >= 4 is 11.9 Å².